The lowest BCUT2D eigenvalue weighted by Gasteiger charge is -2.21. The molecule has 0 saturated heterocycles. The van der Waals surface area contributed by atoms with E-state index in [1.54, 1.807) is 43.4 Å². The third-order valence-electron chi connectivity index (χ3n) is 3.10. The summed E-state index contributed by atoms with van der Waals surface area (Å²) in [7, 11) is 3.16. The van der Waals surface area contributed by atoms with E-state index in [0.29, 0.717) is 21.2 Å². The van der Waals surface area contributed by atoms with Crippen molar-refractivity contribution in [2.24, 2.45) is 0 Å². The number of hydrogen-bond acceptors (Lipinski definition) is 2. The molecule has 2 aromatic carbocycles. The second-order valence-electron chi connectivity index (χ2n) is 4.22. The average Bonchev–Trinajstić information content (AvgIpc) is 2.44. The van der Waals surface area contributed by atoms with Crippen molar-refractivity contribution in [1.82, 2.24) is 5.32 Å². The molecule has 106 valence electrons. The Kier molecular flexibility index (Phi) is 4.86. The molecule has 2 nitrogen and oxygen atoms in total. The summed E-state index contributed by atoms with van der Waals surface area (Å²) in [5, 5.41) is 4.01. The van der Waals surface area contributed by atoms with Gasteiger partial charge in [-0.25, -0.2) is 4.39 Å². The molecule has 0 aliphatic carbocycles. The van der Waals surface area contributed by atoms with Crippen molar-refractivity contribution in [3.05, 3.63) is 63.4 Å². The molecule has 1 atom stereocenters. The predicted octanol–water partition coefficient (Wildman–Crippen LogP) is 4.45. The van der Waals surface area contributed by atoms with E-state index in [2.05, 4.69) is 5.32 Å². The number of hydrogen-bond donors (Lipinski definition) is 1. The minimum atomic E-state index is -0.453. The molecule has 0 bridgehead atoms. The van der Waals surface area contributed by atoms with E-state index in [-0.39, 0.29) is 5.75 Å². The van der Waals surface area contributed by atoms with Crippen LogP contribution in [0.15, 0.2) is 36.4 Å². The van der Waals surface area contributed by atoms with Crippen LogP contribution < -0.4 is 10.1 Å². The number of methoxy groups -OCH3 is 1. The molecule has 2 rings (SSSR count). The highest BCUT2D eigenvalue weighted by Gasteiger charge is 2.22. The zero-order chi connectivity index (χ0) is 14.7. The molecule has 0 heterocycles. The smallest absolute Gasteiger partial charge is 0.170 e. The lowest BCUT2D eigenvalue weighted by molar-refractivity contribution is 0.382. The second kappa shape index (κ2) is 6.44. The minimum absolute atomic E-state index is 0.186. The van der Waals surface area contributed by atoms with Crippen molar-refractivity contribution in [3.63, 3.8) is 0 Å². The fourth-order valence-electron chi connectivity index (χ4n) is 2.15. The second-order valence-corrected chi connectivity index (χ2v) is 5.03. The number of rotatable bonds is 4. The van der Waals surface area contributed by atoms with Crippen LogP contribution in [0.1, 0.15) is 17.2 Å². The molecule has 0 aliphatic rings. The molecule has 5 heteroatoms. The maximum Gasteiger partial charge on any atom is 0.170 e. The highest BCUT2D eigenvalue weighted by atomic mass is 35.5. The first kappa shape index (κ1) is 15.1. The molecule has 1 N–H and O–H groups in total. The van der Waals surface area contributed by atoms with Crippen LogP contribution in [0.3, 0.4) is 0 Å². The Bertz CT molecular complexity index is 599. The van der Waals surface area contributed by atoms with Crippen molar-refractivity contribution in [3.8, 4) is 5.75 Å². The van der Waals surface area contributed by atoms with Crippen LogP contribution >= 0.6 is 23.2 Å². The average molecular weight is 314 g/mol. The van der Waals surface area contributed by atoms with Crippen LogP contribution in [0.5, 0.6) is 5.75 Å². The third-order valence-corrected chi connectivity index (χ3v) is 3.76. The van der Waals surface area contributed by atoms with Crippen molar-refractivity contribution < 1.29 is 9.13 Å². The monoisotopic (exact) mass is 313 g/mol. The Hall–Kier alpha value is -1.29. The molecule has 0 radical (unpaired) electrons. The largest absolute Gasteiger partial charge is 0.494 e. The highest BCUT2D eigenvalue weighted by molar-refractivity contribution is 6.36. The fourth-order valence-corrected chi connectivity index (χ4v) is 2.77. The molecule has 20 heavy (non-hydrogen) atoms. The third kappa shape index (κ3) is 2.75. The first-order chi connectivity index (χ1) is 9.60. The zero-order valence-corrected chi connectivity index (χ0v) is 12.6. The lowest BCUT2D eigenvalue weighted by Crippen LogP contribution is -2.20. The van der Waals surface area contributed by atoms with E-state index >= 15 is 0 Å². The van der Waals surface area contributed by atoms with Gasteiger partial charge >= 0.3 is 0 Å². The fraction of sp³-hybridized carbons (Fsp3) is 0.200. The highest BCUT2D eigenvalue weighted by Crippen LogP contribution is 2.36. The lowest BCUT2D eigenvalue weighted by atomic mass is 9.98. The molecule has 0 amide bonds. The Morgan fingerprint density at radius 1 is 1.10 bits per heavy atom. The number of ether oxygens (including phenoxy) is 1. The van der Waals surface area contributed by atoms with E-state index < -0.39 is 11.9 Å². The van der Waals surface area contributed by atoms with Gasteiger partial charge in [0.25, 0.3) is 0 Å². The summed E-state index contributed by atoms with van der Waals surface area (Å²) in [6.45, 7) is 0. The molecular weight excluding hydrogens is 300 g/mol. The van der Waals surface area contributed by atoms with E-state index in [4.69, 9.17) is 27.9 Å². The molecule has 0 fully saturated rings. The van der Waals surface area contributed by atoms with Crippen LogP contribution in [-0.4, -0.2) is 14.2 Å². The molecular formula is C15H14Cl2FNO. The van der Waals surface area contributed by atoms with Crippen molar-refractivity contribution in [1.29, 1.82) is 0 Å². The van der Waals surface area contributed by atoms with Gasteiger partial charge in [-0.1, -0.05) is 41.4 Å². The zero-order valence-electron chi connectivity index (χ0n) is 11.1. The summed E-state index contributed by atoms with van der Waals surface area (Å²) < 4.78 is 19.4. The Balaban J connectivity index is 2.59. The Labute approximate surface area is 127 Å². The van der Waals surface area contributed by atoms with Gasteiger partial charge in [0.2, 0.25) is 0 Å². The van der Waals surface area contributed by atoms with E-state index in [1.807, 2.05) is 0 Å². The van der Waals surface area contributed by atoms with Crippen molar-refractivity contribution in [2.75, 3.05) is 14.2 Å². The number of benzene rings is 2. The maximum absolute atomic E-state index is 14.4. The van der Waals surface area contributed by atoms with Gasteiger partial charge < -0.3 is 10.1 Å². The summed E-state index contributed by atoms with van der Waals surface area (Å²) >= 11 is 12.4. The van der Waals surface area contributed by atoms with Crippen LogP contribution in [-0.2, 0) is 0 Å². The minimum Gasteiger partial charge on any atom is -0.494 e. The first-order valence-corrected chi connectivity index (χ1v) is 6.79. The van der Waals surface area contributed by atoms with E-state index in [1.165, 1.54) is 7.11 Å². The van der Waals surface area contributed by atoms with Gasteiger partial charge in [0.1, 0.15) is 0 Å². The Morgan fingerprint density at radius 2 is 1.70 bits per heavy atom. The summed E-state index contributed by atoms with van der Waals surface area (Å²) in [4.78, 5) is 0. The number of halogens is 3. The Morgan fingerprint density at radius 3 is 2.25 bits per heavy atom. The maximum atomic E-state index is 14.4. The van der Waals surface area contributed by atoms with Gasteiger partial charge in [-0.05, 0) is 25.2 Å². The molecule has 0 spiro atoms. The van der Waals surface area contributed by atoms with E-state index in [0.717, 1.165) is 0 Å². The van der Waals surface area contributed by atoms with Gasteiger partial charge in [0, 0.05) is 21.2 Å². The van der Waals surface area contributed by atoms with Crippen LogP contribution in [0.4, 0.5) is 4.39 Å². The molecule has 0 saturated carbocycles. The quantitative estimate of drug-likeness (QED) is 0.900. The van der Waals surface area contributed by atoms with Gasteiger partial charge in [-0.3, -0.25) is 0 Å². The van der Waals surface area contributed by atoms with Crippen LogP contribution in [0.25, 0.3) is 0 Å². The molecule has 2 aromatic rings. The predicted molar refractivity (Wildman–Crippen MR) is 80.3 cm³/mol. The molecule has 0 aliphatic heterocycles. The topological polar surface area (TPSA) is 21.3 Å². The number of nitrogens with one attached hydrogen (secondary N) is 1. The van der Waals surface area contributed by atoms with Gasteiger partial charge in [-0.2, -0.15) is 0 Å². The van der Waals surface area contributed by atoms with Crippen molar-refractivity contribution >= 4 is 23.2 Å². The summed E-state index contributed by atoms with van der Waals surface area (Å²) in [6.07, 6.45) is 0. The first-order valence-electron chi connectivity index (χ1n) is 6.03. The summed E-state index contributed by atoms with van der Waals surface area (Å²) in [5.74, 6) is -0.240. The van der Waals surface area contributed by atoms with Gasteiger partial charge in [0.05, 0.1) is 13.2 Å². The van der Waals surface area contributed by atoms with Gasteiger partial charge in [0.15, 0.2) is 11.6 Å². The normalized spacial score (nSPS) is 12.2. The summed E-state index contributed by atoms with van der Waals surface area (Å²) in [5.41, 5.74) is 1.08. The van der Waals surface area contributed by atoms with E-state index in [9.17, 15) is 4.39 Å². The van der Waals surface area contributed by atoms with Crippen LogP contribution in [0.2, 0.25) is 10.0 Å². The standard InChI is InChI=1S/C15H14Cl2FNO/c1-19-15(13-10(16)6-4-7-11(13)17)9-5-3-8-12(20-2)14(9)18/h3-8,15,19H,1-2H3. The molecule has 1 unspecified atom stereocenters. The van der Waals surface area contributed by atoms with Gasteiger partial charge in [-0.15, -0.1) is 0 Å². The SMILES string of the molecule is CNC(c1cccc(OC)c1F)c1c(Cl)cccc1Cl. The summed E-state index contributed by atoms with van der Waals surface area (Å²) in [6, 6.07) is 9.73. The van der Waals surface area contributed by atoms with Crippen LogP contribution in [0, 0.1) is 5.82 Å². The molecule has 0 aromatic heterocycles. The van der Waals surface area contributed by atoms with Crippen molar-refractivity contribution in [2.45, 2.75) is 6.04 Å².